The van der Waals surface area contributed by atoms with Gasteiger partial charge in [0.15, 0.2) is 0 Å². The zero-order valence-electron chi connectivity index (χ0n) is 15.3. The van der Waals surface area contributed by atoms with Gasteiger partial charge in [0, 0.05) is 50.1 Å². The molecule has 0 radical (unpaired) electrons. The summed E-state index contributed by atoms with van der Waals surface area (Å²) in [4.78, 5) is 4.50. The number of aryl methyl sites for hydroxylation is 2. The van der Waals surface area contributed by atoms with Gasteiger partial charge in [-0.05, 0) is 25.5 Å². The van der Waals surface area contributed by atoms with Crippen LogP contribution in [0.4, 0.5) is 0 Å². The van der Waals surface area contributed by atoms with Crippen LogP contribution in [0.2, 0.25) is 0 Å². The Morgan fingerprint density at radius 2 is 2.08 bits per heavy atom. The number of rotatable bonds is 6. The first-order valence-electron chi connectivity index (χ1n) is 9.12. The molecule has 2 atom stereocenters. The fourth-order valence-corrected chi connectivity index (χ4v) is 3.73. The molecule has 0 spiro atoms. The van der Waals surface area contributed by atoms with Crippen molar-refractivity contribution in [2.24, 2.45) is 13.0 Å². The molecule has 3 heterocycles. The van der Waals surface area contributed by atoms with E-state index in [0.29, 0.717) is 5.92 Å². The summed E-state index contributed by atoms with van der Waals surface area (Å²) in [6, 6.07) is 10.4. The van der Waals surface area contributed by atoms with Crippen molar-refractivity contribution in [3.05, 3.63) is 66.0 Å². The van der Waals surface area contributed by atoms with Crippen LogP contribution < -0.4 is 5.32 Å². The van der Waals surface area contributed by atoms with Crippen molar-refractivity contribution in [1.29, 1.82) is 0 Å². The Bertz CT molecular complexity index is 854. The van der Waals surface area contributed by atoms with Gasteiger partial charge in [0.25, 0.3) is 0 Å². The van der Waals surface area contributed by atoms with E-state index in [0.717, 1.165) is 37.6 Å². The molecule has 1 saturated heterocycles. The lowest BCUT2D eigenvalue weighted by Gasteiger charge is -2.18. The van der Waals surface area contributed by atoms with Gasteiger partial charge in [-0.25, -0.2) is 4.98 Å². The molecule has 6 heteroatoms. The highest BCUT2D eigenvalue weighted by Gasteiger charge is 2.30. The molecule has 1 aliphatic heterocycles. The van der Waals surface area contributed by atoms with Crippen molar-refractivity contribution in [3.63, 3.8) is 0 Å². The molecular weight excluding hydrogens is 326 g/mol. The van der Waals surface area contributed by atoms with Crippen molar-refractivity contribution in [3.8, 4) is 5.69 Å². The third-order valence-electron chi connectivity index (χ3n) is 5.01. The van der Waals surface area contributed by atoms with Gasteiger partial charge >= 0.3 is 0 Å². The predicted octanol–water partition coefficient (Wildman–Crippen LogP) is 2.78. The zero-order chi connectivity index (χ0) is 17.9. The molecule has 0 bridgehead atoms. The van der Waals surface area contributed by atoms with E-state index in [1.807, 2.05) is 37.1 Å². The predicted molar refractivity (Wildman–Crippen MR) is 100 cm³/mol. The van der Waals surface area contributed by atoms with E-state index in [2.05, 4.69) is 50.4 Å². The molecule has 4 rings (SSSR count). The molecule has 1 aliphatic rings. The van der Waals surface area contributed by atoms with Gasteiger partial charge in [0.2, 0.25) is 0 Å². The third kappa shape index (κ3) is 3.43. The Hall–Kier alpha value is -2.44. The number of hydrogen-bond donors (Lipinski definition) is 1. The van der Waals surface area contributed by atoms with Crippen LogP contribution in [0, 0.1) is 12.8 Å². The molecule has 1 N–H and O–H groups in total. The highest BCUT2D eigenvalue weighted by Crippen LogP contribution is 2.33. The topological polar surface area (TPSA) is 56.9 Å². The molecule has 1 aromatic carbocycles. The van der Waals surface area contributed by atoms with Crippen molar-refractivity contribution >= 4 is 0 Å². The van der Waals surface area contributed by atoms with Crippen LogP contribution >= 0.6 is 0 Å². The largest absolute Gasteiger partial charge is 0.373 e. The van der Waals surface area contributed by atoms with Crippen LogP contribution in [-0.2, 0) is 18.3 Å². The summed E-state index contributed by atoms with van der Waals surface area (Å²) < 4.78 is 10.00. The summed E-state index contributed by atoms with van der Waals surface area (Å²) in [5.41, 5.74) is 3.49. The van der Waals surface area contributed by atoms with E-state index in [1.165, 1.54) is 11.3 Å². The lowest BCUT2D eigenvalue weighted by Crippen LogP contribution is -2.25. The minimum atomic E-state index is 0.136. The van der Waals surface area contributed by atoms with Gasteiger partial charge < -0.3 is 10.1 Å². The Morgan fingerprint density at radius 1 is 1.23 bits per heavy atom. The summed E-state index contributed by atoms with van der Waals surface area (Å²) in [5.74, 6) is 1.47. The Balaban J connectivity index is 1.41. The normalized spacial score (nSPS) is 19.9. The molecule has 3 aromatic rings. The zero-order valence-corrected chi connectivity index (χ0v) is 15.3. The van der Waals surface area contributed by atoms with E-state index in [1.54, 1.807) is 0 Å². The molecular formula is C20H25N5O. The van der Waals surface area contributed by atoms with E-state index < -0.39 is 0 Å². The van der Waals surface area contributed by atoms with Gasteiger partial charge in [0.05, 0.1) is 24.2 Å². The summed E-state index contributed by atoms with van der Waals surface area (Å²) in [7, 11) is 1.94. The lowest BCUT2D eigenvalue weighted by atomic mass is 9.97. The molecule has 1 fully saturated rings. The van der Waals surface area contributed by atoms with Gasteiger partial charge in [0.1, 0.15) is 5.82 Å². The highest BCUT2D eigenvalue weighted by atomic mass is 16.5. The van der Waals surface area contributed by atoms with E-state index in [9.17, 15) is 0 Å². The molecule has 0 aliphatic carbocycles. The Morgan fingerprint density at radius 3 is 2.85 bits per heavy atom. The molecule has 0 saturated carbocycles. The second kappa shape index (κ2) is 7.43. The SMILES string of the molecule is Cc1ncc(CNC[C@@H]2CCO[C@H]2c2cnn(C)c2)n1-c1ccccc1. The number of para-hydroxylation sites is 1. The van der Waals surface area contributed by atoms with E-state index >= 15 is 0 Å². The van der Waals surface area contributed by atoms with Crippen LogP contribution in [0.25, 0.3) is 5.69 Å². The van der Waals surface area contributed by atoms with Crippen LogP contribution in [0.5, 0.6) is 0 Å². The minimum absolute atomic E-state index is 0.136. The number of aromatic nitrogens is 4. The second-order valence-electron chi connectivity index (χ2n) is 6.89. The maximum atomic E-state index is 5.95. The molecule has 0 unspecified atom stereocenters. The summed E-state index contributed by atoms with van der Waals surface area (Å²) in [5, 5.41) is 7.88. The molecule has 26 heavy (non-hydrogen) atoms. The fourth-order valence-electron chi connectivity index (χ4n) is 3.73. The number of hydrogen-bond acceptors (Lipinski definition) is 4. The maximum absolute atomic E-state index is 5.95. The van der Waals surface area contributed by atoms with Crippen LogP contribution in [-0.4, -0.2) is 32.5 Å². The maximum Gasteiger partial charge on any atom is 0.110 e. The molecule has 136 valence electrons. The average Bonchev–Trinajstić information content (AvgIpc) is 3.36. The van der Waals surface area contributed by atoms with Crippen molar-refractivity contribution in [2.45, 2.75) is 26.0 Å². The standard InChI is InChI=1S/C20H25N5O/c1-15-22-13-19(25(15)18-6-4-3-5-7-18)12-21-10-16-8-9-26-20(16)17-11-23-24(2)14-17/h3-7,11,13-14,16,20-21H,8-10,12H2,1-2H3/t16-,20+/m0/s1. The van der Waals surface area contributed by atoms with Crippen molar-refractivity contribution in [1.82, 2.24) is 24.6 Å². The van der Waals surface area contributed by atoms with Gasteiger partial charge in [-0.1, -0.05) is 18.2 Å². The summed E-state index contributed by atoms with van der Waals surface area (Å²) in [6.45, 7) is 4.55. The van der Waals surface area contributed by atoms with Crippen molar-refractivity contribution < 1.29 is 4.74 Å². The first kappa shape index (κ1) is 17.0. The Kier molecular flexibility index (Phi) is 4.86. The first-order valence-corrected chi connectivity index (χ1v) is 9.12. The number of imidazole rings is 1. The quantitative estimate of drug-likeness (QED) is 0.742. The summed E-state index contributed by atoms with van der Waals surface area (Å²) in [6.07, 6.45) is 7.13. The number of nitrogens with zero attached hydrogens (tertiary/aromatic N) is 4. The highest BCUT2D eigenvalue weighted by molar-refractivity contribution is 5.35. The average molecular weight is 351 g/mol. The van der Waals surface area contributed by atoms with E-state index in [-0.39, 0.29) is 6.10 Å². The van der Waals surface area contributed by atoms with Crippen LogP contribution in [0.15, 0.2) is 48.9 Å². The Labute approximate surface area is 153 Å². The summed E-state index contributed by atoms with van der Waals surface area (Å²) >= 11 is 0. The van der Waals surface area contributed by atoms with E-state index in [4.69, 9.17) is 4.74 Å². The first-order chi connectivity index (χ1) is 12.7. The smallest absolute Gasteiger partial charge is 0.110 e. The van der Waals surface area contributed by atoms with Crippen LogP contribution in [0.1, 0.15) is 29.6 Å². The molecule has 2 aromatic heterocycles. The fraction of sp³-hybridized carbons (Fsp3) is 0.400. The van der Waals surface area contributed by atoms with Crippen LogP contribution in [0.3, 0.4) is 0 Å². The molecule has 6 nitrogen and oxygen atoms in total. The number of nitrogens with one attached hydrogen (secondary N) is 1. The number of ether oxygens (including phenoxy) is 1. The number of benzene rings is 1. The minimum Gasteiger partial charge on any atom is -0.373 e. The molecule has 0 amide bonds. The van der Waals surface area contributed by atoms with Crippen molar-refractivity contribution in [2.75, 3.05) is 13.2 Å². The second-order valence-corrected chi connectivity index (χ2v) is 6.89. The van der Waals surface area contributed by atoms with Gasteiger partial charge in [-0.2, -0.15) is 5.10 Å². The monoisotopic (exact) mass is 351 g/mol. The van der Waals surface area contributed by atoms with Gasteiger partial charge in [-0.3, -0.25) is 9.25 Å². The van der Waals surface area contributed by atoms with Gasteiger partial charge in [-0.15, -0.1) is 0 Å². The third-order valence-corrected chi connectivity index (χ3v) is 5.01. The lowest BCUT2D eigenvalue weighted by molar-refractivity contribution is 0.0903.